The summed E-state index contributed by atoms with van der Waals surface area (Å²) < 4.78 is 10.8. The zero-order valence-corrected chi connectivity index (χ0v) is 17.8. The average Bonchev–Trinajstić information content (AvgIpc) is 2.69. The highest BCUT2D eigenvalue weighted by Gasteiger charge is 2.41. The molecule has 2 aromatic rings. The molecule has 29 heavy (non-hydrogen) atoms. The van der Waals surface area contributed by atoms with Crippen molar-refractivity contribution in [3.05, 3.63) is 65.2 Å². The lowest BCUT2D eigenvalue weighted by molar-refractivity contribution is 0.0179. The Labute approximate surface area is 173 Å². The van der Waals surface area contributed by atoms with Gasteiger partial charge in [-0.2, -0.15) is 0 Å². The highest BCUT2D eigenvalue weighted by molar-refractivity contribution is 5.68. The Morgan fingerprint density at radius 3 is 2.34 bits per heavy atom. The first-order valence-electron chi connectivity index (χ1n) is 10.1. The number of rotatable bonds is 4. The zero-order valence-electron chi connectivity index (χ0n) is 17.8. The van der Waals surface area contributed by atoms with Gasteiger partial charge in [0, 0.05) is 31.2 Å². The van der Waals surface area contributed by atoms with Crippen molar-refractivity contribution in [3.8, 4) is 5.75 Å². The van der Waals surface area contributed by atoms with Crippen LogP contribution in [0, 0.1) is 0 Å². The summed E-state index contributed by atoms with van der Waals surface area (Å²) in [6, 6.07) is 15.9. The highest BCUT2D eigenvalue weighted by atomic mass is 16.6. The quantitative estimate of drug-likeness (QED) is 0.801. The first-order chi connectivity index (χ1) is 13.7. The molecule has 0 radical (unpaired) electrons. The number of hydrogen-bond acceptors (Lipinski definition) is 4. The van der Waals surface area contributed by atoms with Crippen LogP contribution in [0.5, 0.6) is 5.75 Å². The summed E-state index contributed by atoms with van der Waals surface area (Å²) in [5.74, 6) is 0.277. The van der Waals surface area contributed by atoms with E-state index < -0.39 is 5.60 Å². The molecule has 1 fully saturated rings. The second-order valence-electron chi connectivity index (χ2n) is 8.70. The van der Waals surface area contributed by atoms with Crippen LogP contribution < -0.4 is 0 Å². The Bertz CT molecular complexity index is 834. The van der Waals surface area contributed by atoms with Crippen LogP contribution in [0.1, 0.15) is 50.3 Å². The van der Waals surface area contributed by atoms with E-state index in [1.54, 1.807) is 18.1 Å². The van der Waals surface area contributed by atoms with Gasteiger partial charge in [0.2, 0.25) is 0 Å². The van der Waals surface area contributed by atoms with Crippen molar-refractivity contribution >= 4 is 6.09 Å². The molecule has 0 aliphatic carbocycles. The van der Waals surface area contributed by atoms with Crippen molar-refractivity contribution in [3.63, 3.8) is 0 Å². The molecular formula is C24H31NO4. The molecule has 3 rings (SSSR count). The van der Waals surface area contributed by atoms with E-state index in [0.29, 0.717) is 32.5 Å². The fourth-order valence-electron chi connectivity index (χ4n) is 4.09. The van der Waals surface area contributed by atoms with E-state index in [9.17, 15) is 9.90 Å². The second-order valence-corrected chi connectivity index (χ2v) is 8.70. The Morgan fingerprint density at radius 1 is 1.10 bits per heavy atom. The molecule has 1 N–H and O–H groups in total. The summed E-state index contributed by atoms with van der Waals surface area (Å²) in [6.07, 6.45) is 1.14. The van der Waals surface area contributed by atoms with Gasteiger partial charge in [0.15, 0.2) is 0 Å². The molecule has 0 bridgehead atoms. The minimum Gasteiger partial charge on any atom is -0.508 e. The predicted octanol–water partition coefficient (Wildman–Crippen LogP) is 4.86. The minimum absolute atomic E-state index is 0.277. The van der Waals surface area contributed by atoms with E-state index in [-0.39, 0.29) is 17.3 Å². The molecule has 2 aromatic carbocycles. The van der Waals surface area contributed by atoms with Gasteiger partial charge in [-0.05, 0) is 56.9 Å². The van der Waals surface area contributed by atoms with Crippen LogP contribution >= 0.6 is 0 Å². The van der Waals surface area contributed by atoms with Gasteiger partial charge in [-0.25, -0.2) is 4.79 Å². The molecule has 156 valence electrons. The van der Waals surface area contributed by atoms with Gasteiger partial charge in [0.25, 0.3) is 0 Å². The van der Waals surface area contributed by atoms with Gasteiger partial charge in [0.1, 0.15) is 11.4 Å². The molecule has 5 heteroatoms. The van der Waals surface area contributed by atoms with Crippen LogP contribution in [-0.4, -0.2) is 41.9 Å². The number of benzene rings is 2. The predicted molar refractivity (Wildman–Crippen MR) is 113 cm³/mol. The number of carbonyl (C=O) groups excluding carboxylic acids is 1. The number of nitrogens with zero attached hydrogens (tertiary/aromatic N) is 1. The Kier molecular flexibility index (Phi) is 6.18. The SMILES string of the molecule is COCc1ccc(O)c(C2(c3ccccc3)CCN(C(=O)OC(C)(C)C)CC2)c1. The van der Waals surface area contributed by atoms with Crippen LogP contribution in [0.15, 0.2) is 48.5 Å². The van der Waals surface area contributed by atoms with E-state index >= 15 is 0 Å². The van der Waals surface area contributed by atoms with Gasteiger partial charge in [-0.1, -0.05) is 36.4 Å². The molecular weight excluding hydrogens is 366 g/mol. The van der Waals surface area contributed by atoms with Crippen molar-refractivity contribution < 1.29 is 19.4 Å². The number of aromatic hydroxyl groups is 1. The molecule has 0 saturated carbocycles. The third-order valence-electron chi connectivity index (χ3n) is 5.48. The van der Waals surface area contributed by atoms with Crippen LogP contribution in [0.2, 0.25) is 0 Å². The van der Waals surface area contributed by atoms with Crippen LogP contribution in [0.3, 0.4) is 0 Å². The van der Waals surface area contributed by atoms with E-state index in [2.05, 4.69) is 12.1 Å². The Balaban J connectivity index is 1.95. The monoisotopic (exact) mass is 397 g/mol. The lowest BCUT2D eigenvalue weighted by Crippen LogP contribution is -2.47. The molecule has 5 nitrogen and oxygen atoms in total. The van der Waals surface area contributed by atoms with E-state index in [1.165, 1.54) is 0 Å². The molecule has 1 amide bonds. The van der Waals surface area contributed by atoms with Crippen molar-refractivity contribution in [2.75, 3.05) is 20.2 Å². The van der Waals surface area contributed by atoms with E-state index in [0.717, 1.165) is 16.7 Å². The van der Waals surface area contributed by atoms with Gasteiger partial charge >= 0.3 is 6.09 Å². The van der Waals surface area contributed by atoms with Crippen LogP contribution in [0.4, 0.5) is 4.79 Å². The van der Waals surface area contributed by atoms with E-state index in [1.807, 2.05) is 51.1 Å². The number of methoxy groups -OCH3 is 1. The van der Waals surface area contributed by atoms with E-state index in [4.69, 9.17) is 9.47 Å². The lowest BCUT2D eigenvalue weighted by atomic mass is 9.67. The number of phenolic OH excluding ortho intramolecular Hbond substituents is 1. The maximum Gasteiger partial charge on any atom is 0.410 e. The molecule has 1 aliphatic rings. The Morgan fingerprint density at radius 2 is 1.76 bits per heavy atom. The number of phenols is 1. The van der Waals surface area contributed by atoms with Crippen molar-refractivity contribution in [1.29, 1.82) is 0 Å². The van der Waals surface area contributed by atoms with Crippen LogP contribution in [0.25, 0.3) is 0 Å². The third-order valence-corrected chi connectivity index (χ3v) is 5.48. The second kappa shape index (κ2) is 8.46. The number of piperidine rings is 1. The van der Waals surface area contributed by atoms with Crippen LogP contribution in [-0.2, 0) is 21.5 Å². The normalized spacial score (nSPS) is 16.5. The highest BCUT2D eigenvalue weighted by Crippen LogP contribution is 2.45. The molecule has 1 heterocycles. The van der Waals surface area contributed by atoms with Gasteiger partial charge in [-0.15, -0.1) is 0 Å². The summed E-state index contributed by atoms with van der Waals surface area (Å²) in [6.45, 7) is 7.25. The molecule has 0 spiro atoms. The summed E-state index contributed by atoms with van der Waals surface area (Å²) in [5.41, 5.74) is 2.17. The first kappa shape index (κ1) is 21.2. The number of ether oxygens (including phenoxy) is 2. The summed E-state index contributed by atoms with van der Waals surface area (Å²) in [5, 5.41) is 10.8. The van der Waals surface area contributed by atoms with Gasteiger partial charge < -0.3 is 19.5 Å². The van der Waals surface area contributed by atoms with Crippen molar-refractivity contribution in [2.24, 2.45) is 0 Å². The largest absolute Gasteiger partial charge is 0.508 e. The van der Waals surface area contributed by atoms with Gasteiger partial charge in [0.05, 0.1) is 6.61 Å². The lowest BCUT2D eigenvalue weighted by Gasteiger charge is -2.43. The Hall–Kier alpha value is -2.53. The van der Waals surface area contributed by atoms with Gasteiger partial charge in [-0.3, -0.25) is 0 Å². The molecule has 0 atom stereocenters. The molecule has 0 aromatic heterocycles. The van der Waals surface area contributed by atoms with Crippen molar-refractivity contribution in [2.45, 2.75) is 51.2 Å². The molecule has 0 unspecified atom stereocenters. The fourth-order valence-corrected chi connectivity index (χ4v) is 4.09. The number of carbonyl (C=O) groups is 1. The third kappa shape index (κ3) is 4.73. The summed E-state index contributed by atoms with van der Waals surface area (Å²) >= 11 is 0. The average molecular weight is 398 g/mol. The zero-order chi connectivity index (χ0) is 21.1. The first-order valence-corrected chi connectivity index (χ1v) is 10.1. The fraction of sp³-hybridized carbons (Fsp3) is 0.458. The number of hydrogen-bond donors (Lipinski definition) is 1. The summed E-state index contributed by atoms with van der Waals surface area (Å²) in [4.78, 5) is 14.3. The smallest absolute Gasteiger partial charge is 0.410 e. The topological polar surface area (TPSA) is 59.0 Å². The number of likely N-dealkylation sites (tertiary alicyclic amines) is 1. The number of amides is 1. The standard InChI is InChI=1S/C24H31NO4/c1-23(2,3)29-22(27)25-14-12-24(13-15-25,19-8-6-5-7-9-19)20-16-18(17-28-4)10-11-21(20)26/h5-11,16,26H,12-15,17H2,1-4H3. The molecule has 1 saturated heterocycles. The maximum absolute atomic E-state index is 12.5. The minimum atomic E-state index is -0.516. The summed E-state index contributed by atoms with van der Waals surface area (Å²) in [7, 11) is 1.67. The van der Waals surface area contributed by atoms with Crippen molar-refractivity contribution in [1.82, 2.24) is 4.90 Å². The molecule has 1 aliphatic heterocycles. The maximum atomic E-state index is 12.5.